The number of rotatable bonds is 4. The van der Waals surface area contributed by atoms with Gasteiger partial charge in [0.05, 0.1) is 11.2 Å². The van der Waals surface area contributed by atoms with Crippen molar-refractivity contribution in [3.8, 4) is 0 Å². The van der Waals surface area contributed by atoms with Gasteiger partial charge in [-0.2, -0.15) is 0 Å². The molecule has 0 radical (unpaired) electrons. The third-order valence-electron chi connectivity index (χ3n) is 2.35. The Morgan fingerprint density at radius 2 is 2.38 bits per heavy atom. The first-order chi connectivity index (χ1) is 7.66. The predicted molar refractivity (Wildman–Crippen MR) is 67.0 cm³/mol. The normalized spacial score (nSPS) is 12.9. The van der Waals surface area contributed by atoms with Crippen molar-refractivity contribution in [1.82, 2.24) is 15.3 Å². The highest BCUT2D eigenvalue weighted by molar-refractivity contribution is 7.09. The molecule has 6 heteroatoms. The largest absolute Gasteiger partial charge is 0.315 e. The molecule has 1 atom stereocenters. The van der Waals surface area contributed by atoms with E-state index >= 15 is 0 Å². The van der Waals surface area contributed by atoms with E-state index < -0.39 is 0 Å². The average Bonchev–Trinajstić information content (AvgIpc) is 2.84. The van der Waals surface area contributed by atoms with E-state index in [1.165, 1.54) is 16.2 Å². The lowest BCUT2D eigenvalue weighted by Gasteiger charge is -2.11. The number of thiazole rings is 2. The fourth-order valence-electron chi connectivity index (χ4n) is 1.48. The van der Waals surface area contributed by atoms with Gasteiger partial charge in [-0.15, -0.1) is 11.3 Å². The highest BCUT2D eigenvalue weighted by Crippen LogP contribution is 2.21. The number of hydrogen-bond acceptors (Lipinski definition) is 5. The Morgan fingerprint density at radius 3 is 2.94 bits per heavy atom. The quantitative estimate of drug-likeness (QED) is 0.879. The number of aromatic nitrogens is 2. The smallest absolute Gasteiger partial charge is 0.304 e. The molecular formula is C10H13N3OS2. The van der Waals surface area contributed by atoms with Gasteiger partial charge in [0.15, 0.2) is 0 Å². The van der Waals surface area contributed by atoms with Gasteiger partial charge in [-0.25, -0.2) is 4.98 Å². The Balaban J connectivity index is 1.96. The zero-order valence-electron chi connectivity index (χ0n) is 9.11. The second kappa shape index (κ2) is 4.90. The third kappa shape index (κ3) is 2.58. The zero-order valence-corrected chi connectivity index (χ0v) is 10.7. The summed E-state index contributed by atoms with van der Waals surface area (Å²) in [7, 11) is 0. The van der Waals surface area contributed by atoms with Crippen molar-refractivity contribution < 1.29 is 0 Å². The Labute approximate surface area is 101 Å². The summed E-state index contributed by atoms with van der Waals surface area (Å²) in [5.41, 5.74) is 3.86. The molecule has 2 heterocycles. The maximum Gasteiger partial charge on any atom is 0.304 e. The van der Waals surface area contributed by atoms with Crippen LogP contribution in [0.5, 0.6) is 0 Å². The first-order valence-electron chi connectivity index (χ1n) is 4.97. The topological polar surface area (TPSA) is 57.8 Å². The standard InChI is InChI=1S/C10H13N3OS2/c1-6(9-7(2)12-5-16-9)11-3-8-4-15-10(14)13-8/h4-6,11H,3H2,1-2H3,(H,13,14). The first kappa shape index (κ1) is 11.5. The number of aryl methyl sites for hydroxylation is 1. The lowest BCUT2D eigenvalue weighted by Crippen LogP contribution is -2.18. The van der Waals surface area contributed by atoms with E-state index in [-0.39, 0.29) is 10.9 Å². The van der Waals surface area contributed by atoms with E-state index in [1.807, 2.05) is 17.8 Å². The van der Waals surface area contributed by atoms with E-state index in [0.717, 1.165) is 11.4 Å². The summed E-state index contributed by atoms with van der Waals surface area (Å²) < 4.78 is 0. The van der Waals surface area contributed by atoms with Gasteiger partial charge in [-0.05, 0) is 13.8 Å². The number of aromatic amines is 1. The van der Waals surface area contributed by atoms with Crippen LogP contribution in [0.3, 0.4) is 0 Å². The molecule has 0 saturated carbocycles. The summed E-state index contributed by atoms with van der Waals surface area (Å²) in [6.07, 6.45) is 0. The molecule has 86 valence electrons. The SMILES string of the molecule is Cc1ncsc1C(C)NCc1csc(=O)[nH]1. The van der Waals surface area contributed by atoms with Crippen molar-refractivity contribution in [2.75, 3.05) is 0 Å². The van der Waals surface area contributed by atoms with Crippen molar-refractivity contribution in [3.63, 3.8) is 0 Å². The van der Waals surface area contributed by atoms with Crippen LogP contribution in [0.1, 0.15) is 29.2 Å². The monoisotopic (exact) mass is 255 g/mol. The fourth-order valence-corrected chi connectivity index (χ4v) is 2.90. The molecule has 2 aromatic rings. The summed E-state index contributed by atoms with van der Waals surface area (Å²) in [5, 5.41) is 5.21. The summed E-state index contributed by atoms with van der Waals surface area (Å²) in [6, 6.07) is 0.260. The first-order valence-corrected chi connectivity index (χ1v) is 6.73. The second-order valence-electron chi connectivity index (χ2n) is 3.58. The van der Waals surface area contributed by atoms with E-state index in [0.29, 0.717) is 6.54 Å². The molecule has 0 amide bonds. The van der Waals surface area contributed by atoms with Crippen LogP contribution < -0.4 is 10.2 Å². The molecule has 0 saturated heterocycles. The Bertz CT molecular complexity index is 514. The van der Waals surface area contributed by atoms with Gasteiger partial charge in [0.2, 0.25) is 0 Å². The number of nitrogens with zero attached hydrogens (tertiary/aromatic N) is 1. The third-order valence-corrected chi connectivity index (χ3v) is 4.18. The van der Waals surface area contributed by atoms with Crippen LogP contribution in [-0.4, -0.2) is 9.97 Å². The molecule has 4 nitrogen and oxygen atoms in total. The molecule has 0 aliphatic rings. The molecule has 0 aliphatic carbocycles. The molecule has 0 aromatic carbocycles. The highest BCUT2D eigenvalue weighted by atomic mass is 32.1. The van der Waals surface area contributed by atoms with Gasteiger partial charge in [0.25, 0.3) is 0 Å². The molecule has 2 N–H and O–H groups in total. The van der Waals surface area contributed by atoms with Crippen LogP contribution in [-0.2, 0) is 6.54 Å². The lowest BCUT2D eigenvalue weighted by atomic mass is 10.2. The van der Waals surface area contributed by atoms with E-state index in [2.05, 4.69) is 22.2 Å². The maximum atomic E-state index is 10.9. The van der Waals surface area contributed by atoms with Crippen molar-refractivity contribution >= 4 is 22.7 Å². The van der Waals surface area contributed by atoms with E-state index in [9.17, 15) is 4.79 Å². The van der Waals surface area contributed by atoms with Crippen LogP contribution in [0.25, 0.3) is 0 Å². The molecule has 2 rings (SSSR count). The average molecular weight is 255 g/mol. The number of hydrogen-bond donors (Lipinski definition) is 2. The molecule has 16 heavy (non-hydrogen) atoms. The van der Waals surface area contributed by atoms with Gasteiger partial charge in [-0.3, -0.25) is 4.79 Å². The van der Waals surface area contributed by atoms with Gasteiger partial charge in [0.1, 0.15) is 0 Å². The minimum absolute atomic E-state index is 0.00146. The minimum atomic E-state index is -0.00146. The summed E-state index contributed by atoms with van der Waals surface area (Å²) >= 11 is 2.85. The van der Waals surface area contributed by atoms with Crippen molar-refractivity contribution in [2.45, 2.75) is 26.4 Å². The molecule has 2 aromatic heterocycles. The summed E-state index contributed by atoms with van der Waals surface area (Å²) in [6.45, 7) is 4.79. The minimum Gasteiger partial charge on any atom is -0.315 e. The second-order valence-corrected chi connectivity index (χ2v) is 5.31. The van der Waals surface area contributed by atoms with Crippen molar-refractivity contribution in [3.05, 3.63) is 36.8 Å². The van der Waals surface area contributed by atoms with Crippen LogP contribution in [0, 0.1) is 6.92 Å². The highest BCUT2D eigenvalue weighted by Gasteiger charge is 2.10. The van der Waals surface area contributed by atoms with Gasteiger partial charge >= 0.3 is 4.87 Å². The molecule has 1 unspecified atom stereocenters. The van der Waals surface area contributed by atoms with Gasteiger partial charge in [0, 0.05) is 28.5 Å². The molecule has 0 aliphatic heterocycles. The van der Waals surface area contributed by atoms with Gasteiger partial charge < -0.3 is 10.3 Å². The van der Waals surface area contributed by atoms with Crippen LogP contribution >= 0.6 is 22.7 Å². The van der Waals surface area contributed by atoms with E-state index in [4.69, 9.17) is 0 Å². The van der Waals surface area contributed by atoms with Crippen molar-refractivity contribution in [1.29, 1.82) is 0 Å². The van der Waals surface area contributed by atoms with Crippen LogP contribution in [0.2, 0.25) is 0 Å². The van der Waals surface area contributed by atoms with Crippen molar-refractivity contribution in [2.24, 2.45) is 0 Å². The Kier molecular flexibility index (Phi) is 3.52. The zero-order chi connectivity index (χ0) is 11.5. The Morgan fingerprint density at radius 1 is 1.56 bits per heavy atom. The fraction of sp³-hybridized carbons (Fsp3) is 0.400. The predicted octanol–water partition coefficient (Wildman–Crippen LogP) is 2.05. The van der Waals surface area contributed by atoms with Gasteiger partial charge in [-0.1, -0.05) is 11.3 Å². The Hall–Kier alpha value is -0.980. The molecule has 0 spiro atoms. The summed E-state index contributed by atoms with van der Waals surface area (Å²) in [5.74, 6) is 0. The lowest BCUT2D eigenvalue weighted by molar-refractivity contribution is 0.573. The molecule has 0 bridgehead atoms. The van der Waals surface area contributed by atoms with Crippen LogP contribution in [0.4, 0.5) is 0 Å². The maximum absolute atomic E-state index is 10.9. The van der Waals surface area contributed by atoms with Crippen LogP contribution in [0.15, 0.2) is 15.7 Å². The van der Waals surface area contributed by atoms with E-state index in [1.54, 1.807) is 11.3 Å². The molecule has 0 fully saturated rings. The summed E-state index contributed by atoms with van der Waals surface area (Å²) in [4.78, 5) is 19.2. The number of H-pyrrole nitrogens is 1. The number of nitrogens with one attached hydrogen (secondary N) is 2. The molecular weight excluding hydrogens is 242 g/mol.